The van der Waals surface area contributed by atoms with Gasteiger partial charge in [-0.15, -0.1) is 0 Å². The first-order chi connectivity index (χ1) is 5.26. The molecule has 0 bridgehead atoms. The van der Waals surface area contributed by atoms with Crippen LogP contribution in [-0.4, -0.2) is 33.7 Å². The molecule has 0 spiro atoms. The van der Waals surface area contributed by atoms with E-state index in [0.29, 0.717) is 0 Å². The average molecular weight is 176 g/mol. The Balaban J connectivity index is 2.91. The van der Waals surface area contributed by atoms with Gasteiger partial charge in [-0.1, -0.05) is 0 Å². The molecule has 0 unspecified atom stereocenters. The van der Waals surface area contributed by atoms with Gasteiger partial charge in [0.15, 0.2) is 0 Å². The molecule has 2 atom stereocenters. The van der Waals surface area contributed by atoms with Gasteiger partial charge in [-0.05, 0) is 0 Å². The topological polar surface area (TPSA) is 93.1 Å². The van der Waals surface area contributed by atoms with Gasteiger partial charge in [0.05, 0.1) is 0 Å². The number of cyclic esters (lactones) is 2. The first-order valence-corrected chi connectivity index (χ1v) is 3.17. The number of hydrogen-bond donors (Lipinski definition) is 2. The molecule has 1 fully saturated rings. The Hall–Kier alpha value is -1.14. The van der Waals surface area contributed by atoms with E-state index in [1.165, 1.54) is 0 Å². The van der Waals surface area contributed by atoms with E-state index in [0.717, 1.165) is 13.8 Å². The molecule has 0 aliphatic carbocycles. The molecule has 1 rings (SSSR count). The normalized spacial score (nSPS) is 42.0. The predicted octanol–water partition coefficient (Wildman–Crippen LogP) is -1.50. The lowest BCUT2D eigenvalue weighted by Crippen LogP contribution is -2.57. The van der Waals surface area contributed by atoms with Gasteiger partial charge in [0.1, 0.15) is 0 Å². The fourth-order valence-electron chi connectivity index (χ4n) is 0.634. The molecule has 0 saturated carbocycles. The van der Waals surface area contributed by atoms with Crippen LogP contribution in [0.15, 0.2) is 0 Å². The summed E-state index contributed by atoms with van der Waals surface area (Å²) in [7, 11) is 0. The summed E-state index contributed by atoms with van der Waals surface area (Å²) >= 11 is 0. The van der Waals surface area contributed by atoms with E-state index in [4.69, 9.17) is 10.2 Å². The number of aliphatic hydroxyl groups is 2. The molecule has 1 heterocycles. The quantitative estimate of drug-likeness (QED) is 0.436. The zero-order chi connectivity index (χ0) is 9.57. The molecule has 1 saturated heterocycles. The molecule has 6 nitrogen and oxygen atoms in total. The van der Waals surface area contributed by atoms with Gasteiger partial charge in [-0.3, -0.25) is 0 Å². The third-order valence-electron chi connectivity index (χ3n) is 1.34. The van der Waals surface area contributed by atoms with Gasteiger partial charge in [-0.2, -0.15) is 0 Å². The molecule has 0 aromatic carbocycles. The van der Waals surface area contributed by atoms with Crippen molar-refractivity contribution in [3.05, 3.63) is 0 Å². The minimum Gasteiger partial charge on any atom is -0.417 e. The molecule has 2 N–H and O–H groups in total. The second-order valence-electron chi connectivity index (χ2n) is 2.74. The van der Waals surface area contributed by atoms with Crippen LogP contribution in [0.1, 0.15) is 13.8 Å². The van der Waals surface area contributed by atoms with Crippen molar-refractivity contribution >= 4 is 11.9 Å². The summed E-state index contributed by atoms with van der Waals surface area (Å²) in [5.41, 5.74) is 0. The largest absolute Gasteiger partial charge is 0.417 e. The van der Waals surface area contributed by atoms with Crippen LogP contribution in [0.4, 0.5) is 0 Å². The lowest BCUT2D eigenvalue weighted by atomic mass is 10.2. The van der Waals surface area contributed by atoms with Crippen molar-refractivity contribution in [2.75, 3.05) is 0 Å². The lowest BCUT2D eigenvalue weighted by Gasteiger charge is -2.33. The van der Waals surface area contributed by atoms with E-state index in [2.05, 4.69) is 9.47 Å². The zero-order valence-electron chi connectivity index (χ0n) is 6.53. The van der Waals surface area contributed by atoms with Crippen molar-refractivity contribution < 1.29 is 29.3 Å². The van der Waals surface area contributed by atoms with Gasteiger partial charge in [0, 0.05) is 13.8 Å². The van der Waals surface area contributed by atoms with Crippen molar-refractivity contribution in [1.82, 2.24) is 0 Å². The summed E-state index contributed by atoms with van der Waals surface area (Å²) in [5.74, 6) is -7.02. The van der Waals surface area contributed by atoms with Crippen LogP contribution in [0.3, 0.4) is 0 Å². The molecule has 6 heteroatoms. The standard InChI is InChI=1S/C6H8O6/c1-5(9)3(7)12-6(2,10)4(8)11-5/h9-10H,1-2H3/t5-,6+. The highest BCUT2D eigenvalue weighted by Crippen LogP contribution is 2.23. The van der Waals surface area contributed by atoms with Gasteiger partial charge < -0.3 is 19.7 Å². The monoisotopic (exact) mass is 176 g/mol. The SMILES string of the molecule is C[C@]1(O)OC(=O)[C@](C)(O)OC1=O. The average Bonchev–Trinajstić information content (AvgIpc) is 1.82. The highest BCUT2D eigenvalue weighted by atomic mass is 16.8. The van der Waals surface area contributed by atoms with Crippen molar-refractivity contribution in [3.8, 4) is 0 Å². The smallest absolute Gasteiger partial charge is 0.382 e. The third-order valence-corrected chi connectivity index (χ3v) is 1.34. The maximum Gasteiger partial charge on any atom is 0.382 e. The van der Waals surface area contributed by atoms with Crippen molar-refractivity contribution in [3.63, 3.8) is 0 Å². The number of rotatable bonds is 0. The van der Waals surface area contributed by atoms with Gasteiger partial charge in [0.25, 0.3) is 0 Å². The molecule has 1 aliphatic heterocycles. The molecule has 68 valence electrons. The minimum absolute atomic E-state index is 0.947. The minimum atomic E-state index is -2.31. The Morgan fingerprint density at radius 3 is 1.50 bits per heavy atom. The molecule has 0 amide bonds. The number of ether oxygens (including phenoxy) is 2. The van der Waals surface area contributed by atoms with E-state index in [1.807, 2.05) is 0 Å². The maximum atomic E-state index is 10.8. The number of carbonyl (C=O) groups is 2. The number of carbonyl (C=O) groups excluding carboxylic acids is 2. The first-order valence-electron chi connectivity index (χ1n) is 3.17. The van der Waals surface area contributed by atoms with E-state index in [1.54, 1.807) is 0 Å². The summed E-state index contributed by atoms with van der Waals surface area (Å²) in [6.45, 7) is 1.89. The van der Waals surface area contributed by atoms with Gasteiger partial charge >= 0.3 is 23.5 Å². The molecular formula is C6H8O6. The first kappa shape index (κ1) is 8.95. The van der Waals surface area contributed by atoms with Crippen molar-refractivity contribution in [2.45, 2.75) is 25.4 Å². The van der Waals surface area contributed by atoms with Crippen LogP contribution >= 0.6 is 0 Å². The summed E-state index contributed by atoms with van der Waals surface area (Å²) in [6.07, 6.45) is 0. The maximum absolute atomic E-state index is 10.8. The molecule has 12 heavy (non-hydrogen) atoms. The van der Waals surface area contributed by atoms with Gasteiger partial charge in [0.2, 0.25) is 0 Å². The van der Waals surface area contributed by atoms with Crippen LogP contribution in [0.25, 0.3) is 0 Å². The number of esters is 2. The Labute approximate surface area is 67.7 Å². The van der Waals surface area contributed by atoms with Crippen LogP contribution in [0.5, 0.6) is 0 Å². The van der Waals surface area contributed by atoms with Crippen molar-refractivity contribution in [2.24, 2.45) is 0 Å². The molecule has 0 radical (unpaired) electrons. The molecule has 0 aromatic heterocycles. The second kappa shape index (κ2) is 2.18. The van der Waals surface area contributed by atoms with Crippen LogP contribution in [0, 0.1) is 0 Å². The Morgan fingerprint density at radius 2 is 1.25 bits per heavy atom. The summed E-state index contributed by atoms with van der Waals surface area (Å²) in [6, 6.07) is 0. The molecular weight excluding hydrogens is 168 g/mol. The number of hydrogen-bond acceptors (Lipinski definition) is 6. The molecule has 0 aromatic rings. The third kappa shape index (κ3) is 1.26. The summed E-state index contributed by atoms with van der Waals surface area (Å²) in [5, 5.41) is 18.0. The Morgan fingerprint density at radius 1 is 1.00 bits per heavy atom. The zero-order valence-corrected chi connectivity index (χ0v) is 6.53. The van der Waals surface area contributed by atoms with E-state index < -0.39 is 23.5 Å². The predicted molar refractivity (Wildman–Crippen MR) is 33.4 cm³/mol. The second-order valence-corrected chi connectivity index (χ2v) is 2.74. The Kier molecular flexibility index (Phi) is 1.62. The van der Waals surface area contributed by atoms with E-state index in [9.17, 15) is 9.59 Å². The summed E-state index contributed by atoms with van der Waals surface area (Å²) in [4.78, 5) is 21.5. The van der Waals surface area contributed by atoms with Crippen LogP contribution in [-0.2, 0) is 19.1 Å². The van der Waals surface area contributed by atoms with E-state index in [-0.39, 0.29) is 0 Å². The Bertz CT molecular complexity index is 214. The highest BCUT2D eigenvalue weighted by molar-refractivity contribution is 5.90. The fourth-order valence-corrected chi connectivity index (χ4v) is 0.634. The van der Waals surface area contributed by atoms with Crippen LogP contribution < -0.4 is 0 Å². The van der Waals surface area contributed by atoms with Crippen molar-refractivity contribution in [1.29, 1.82) is 0 Å². The van der Waals surface area contributed by atoms with Gasteiger partial charge in [-0.25, -0.2) is 9.59 Å². The summed E-state index contributed by atoms with van der Waals surface area (Å²) < 4.78 is 8.39. The molecule has 1 aliphatic rings. The highest BCUT2D eigenvalue weighted by Gasteiger charge is 2.52. The lowest BCUT2D eigenvalue weighted by molar-refractivity contribution is -0.291. The van der Waals surface area contributed by atoms with Crippen LogP contribution in [0.2, 0.25) is 0 Å². The van der Waals surface area contributed by atoms with E-state index >= 15 is 0 Å². The fraction of sp³-hybridized carbons (Fsp3) is 0.667.